The quantitative estimate of drug-likeness (QED) is 0.872. The van der Waals surface area contributed by atoms with Crippen molar-refractivity contribution in [3.8, 4) is 0 Å². The van der Waals surface area contributed by atoms with Gasteiger partial charge in [-0.1, -0.05) is 22.0 Å². The lowest BCUT2D eigenvalue weighted by Gasteiger charge is -2.17. The number of likely N-dealkylation sites (tertiary alicyclic amines) is 1. The van der Waals surface area contributed by atoms with Gasteiger partial charge in [0.05, 0.1) is 0 Å². The topological polar surface area (TPSA) is 61.4 Å². The smallest absolute Gasteiger partial charge is 0.246 e. The van der Waals surface area contributed by atoms with Crippen molar-refractivity contribution in [2.24, 2.45) is 0 Å². The molecular formula is C15H18BrN3O2. The molecule has 0 aromatic heterocycles. The summed E-state index contributed by atoms with van der Waals surface area (Å²) in [5.41, 5.74) is 1.76. The molecule has 1 aromatic rings. The van der Waals surface area contributed by atoms with Crippen molar-refractivity contribution in [1.29, 1.82) is 0 Å². The molecule has 2 N–H and O–H groups in total. The zero-order valence-corrected chi connectivity index (χ0v) is 13.3. The third kappa shape index (κ3) is 2.96. The van der Waals surface area contributed by atoms with Crippen LogP contribution in [0.1, 0.15) is 30.9 Å². The highest BCUT2D eigenvalue weighted by Crippen LogP contribution is 2.36. The zero-order chi connectivity index (χ0) is 14.8. The molecular weight excluding hydrogens is 334 g/mol. The van der Waals surface area contributed by atoms with Crippen LogP contribution in [0.5, 0.6) is 0 Å². The molecule has 1 unspecified atom stereocenters. The third-order valence-electron chi connectivity index (χ3n) is 4.01. The molecule has 6 heteroatoms. The fraction of sp³-hybridized carbons (Fsp3) is 0.467. The molecule has 2 aliphatic heterocycles. The summed E-state index contributed by atoms with van der Waals surface area (Å²) in [5, 5.41) is 6.05. The Morgan fingerprint density at radius 3 is 2.90 bits per heavy atom. The Bertz CT molecular complexity index is 570. The van der Waals surface area contributed by atoms with Gasteiger partial charge in [0.2, 0.25) is 11.8 Å². The Hall–Kier alpha value is -1.40. The number of hydrogen-bond acceptors (Lipinski definition) is 3. The number of nitrogens with one attached hydrogen (secondary N) is 2. The first-order chi connectivity index (χ1) is 10.2. The fourth-order valence-corrected chi connectivity index (χ4v) is 3.51. The predicted octanol–water partition coefficient (Wildman–Crippen LogP) is 2.04. The van der Waals surface area contributed by atoms with Crippen molar-refractivity contribution < 1.29 is 9.59 Å². The van der Waals surface area contributed by atoms with Crippen molar-refractivity contribution in [3.63, 3.8) is 0 Å². The molecule has 0 aliphatic carbocycles. The van der Waals surface area contributed by atoms with Crippen molar-refractivity contribution in [1.82, 2.24) is 10.2 Å². The third-order valence-corrected chi connectivity index (χ3v) is 4.70. The molecule has 2 heterocycles. The second kappa shape index (κ2) is 6.15. The van der Waals surface area contributed by atoms with E-state index in [0.717, 1.165) is 41.7 Å². The van der Waals surface area contributed by atoms with Gasteiger partial charge >= 0.3 is 0 Å². The first kappa shape index (κ1) is 14.5. The summed E-state index contributed by atoms with van der Waals surface area (Å²) in [6.07, 6.45) is 2.64. The van der Waals surface area contributed by atoms with Gasteiger partial charge in [-0.05, 0) is 25.0 Å². The fourth-order valence-electron chi connectivity index (χ4n) is 2.92. The van der Waals surface area contributed by atoms with Crippen LogP contribution in [0, 0.1) is 0 Å². The number of benzene rings is 1. The summed E-state index contributed by atoms with van der Waals surface area (Å²) in [6, 6.07) is 5.31. The van der Waals surface area contributed by atoms with Crippen molar-refractivity contribution in [2.75, 3.05) is 25.0 Å². The number of rotatable bonds is 4. The summed E-state index contributed by atoms with van der Waals surface area (Å²) in [7, 11) is 0. The Labute approximate surface area is 132 Å². The maximum Gasteiger partial charge on any atom is 0.246 e. The zero-order valence-electron chi connectivity index (χ0n) is 11.7. The minimum absolute atomic E-state index is 0.0643. The van der Waals surface area contributed by atoms with Crippen LogP contribution in [-0.4, -0.2) is 36.3 Å². The Kier molecular flexibility index (Phi) is 4.26. The van der Waals surface area contributed by atoms with Gasteiger partial charge in [-0.3, -0.25) is 9.59 Å². The van der Waals surface area contributed by atoms with Crippen LogP contribution in [0.3, 0.4) is 0 Å². The number of halogens is 1. The van der Waals surface area contributed by atoms with E-state index in [1.165, 1.54) is 0 Å². The molecule has 1 fully saturated rings. The average molecular weight is 352 g/mol. The lowest BCUT2D eigenvalue weighted by atomic mass is 10.1. The largest absolute Gasteiger partial charge is 0.343 e. The van der Waals surface area contributed by atoms with Crippen LogP contribution >= 0.6 is 15.9 Å². The van der Waals surface area contributed by atoms with E-state index >= 15 is 0 Å². The maximum absolute atomic E-state index is 12.0. The lowest BCUT2D eigenvalue weighted by Crippen LogP contribution is -2.33. The lowest BCUT2D eigenvalue weighted by molar-refractivity contribution is -0.130. The molecule has 3 rings (SSSR count). The van der Waals surface area contributed by atoms with Gasteiger partial charge in [-0.25, -0.2) is 0 Å². The summed E-state index contributed by atoms with van der Waals surface area (Å²) in [4.78, 5) is 25.9. The number of carbonyl (C=O) groups excluding carboxylic acids is 2. The van der Waals surface area contributed by atoms with Crippen LogP contribution < -0.4 is 10.6 Å². The summed E-state index contributed by atoms with van der Waals surface area (Å²) in [5.74, 6) is 0.108. The van der Waals surface area contributed by atoms with Gasteiger partial charge < -0.3 is 15.5 Å². The molecule has 0 spiro atoms. The maximum atomic E-state index is 12.0. The van der Waals surface area contributed by atoms with Gasteiger partial charge in [-0.2, -0.15) is 0 Å². The highest BCUT2D eigenvalue weighted by Gasteiger charge is 2.32. The molecule has 2 aliphatic rings. The van der Waals surface area contributed by atoms with E-state index in [4.69, 9.17) is 0 Å². The number of amides is 2. The standard InChI is InChI=1S/C15H18BrN3O2/c16-10-4-3-5-11-13(10)14(15(21)18-11)17-7-6-12(20)19-8-1-2-9-19/h3-5,14,17H,1-2,6-9H2,(H,18,21). The SMILES string of the molecule is O=C1Nc2cccc(Br)c2C1NCCC(=O)N1CCCC1. The summed E-state index contributed by atoms with van der Waals surface area (Å²) in [6.45, 7) is 2.25. The minimum atomic E-state index is -0.387. The number of hydrogen-bond donors (Lipinski definition) is 2. The van der Waals surface area contributed by atoms with E-state index in [2.05, 4.69) is 26.6 Å². The van der Waals surface area contributed by atoms with E-state index in [1.54, 1.807) is 0 Å². The normalized spacial score (nSPS) is 20.5. The van der Waals surface area contributed by atoms with Crippen LogP contribution in [0.25, 0.3) is 0 Å². The molecule has 1 saturated heterocycles. The van der Waals surface area contributed by atoms with Gasteiger partial charge in [0, 0.05) is 41.8 Å². The molecule has 0 bridgehead atoms. The first-order valence-corrected chi connectivity index (χ1v) is 8.06. The minimum Gasteiger partial charge on any atom is -0.343 e. The van der Waals surface area contributed by atoms with Crippen molar-refractivity contribution in [3.05, 3.63) is 28.2 Å². The van der Waals surface area contributed by atoms with Crippen molar-refractivity contribution >= 4 is 33.4 Å². The molecule has 0 radical (unpaired) electrons. The predicted molar refractivity (Wildman–Crippen MR) is 83.9 cm³/mol. The molecule has 0 saturated carbocycles. The number of fused-ring (bicyclic) bond motifs is 1. The molecule has 1 atom stereocenters. The van der Waals surface area contributed by atoms with E-state index in [1.807, 2.05) is 23.1 Å². The van der Waals surface area contributed by atoms with Gasteiger partial charge in [0.15, 0.2) is 0 Å². The van der Waals surface area contributed by atoms with E-state index < -0.39 is 0 Å². The van der Waals surface area contributed by atoms with E-state index in [0.29, 0.717) is 13.0 Å². The number of carbonyl (C=O) groups is 2. The Morgan fingerprint density at radius 1 is 1.38 bits per heavy atom. The van der Waals surface area contributed by atoms with Crippen LogP contribution in [0.2, 0.25) is 0 Å². The summed E-state index contributed by atoms with van der Waals surface area (Å²) >= 11 is 3.48. The second-order valence-electron chi connectivity index (χ2n) is 5.42. The average Bonchev–Trinajstić information content (AvgIpc) is 3.08. The molecule has 21 heavy (non-hydrogen) atoms. The highest BCUT2D eigenvalue weighted by molar-refractivity contribution is 9.10. The molecule has 5 nitrogen and oxygen atoms in total. The monoisotopic (exact) mass is 351 g/mol. The van der Waals surface area contributed by atoms with Crippen LogP contribution in [-0.2, 0) is 9.59 Å². The number of anilines is 1. The Morgan fingerprint density at radius 2 is 2.14 bits per heavy atom. The van der Waals surface area contributed by atoms with E-state index in [9.17, 15) is 9.59 Å². The Balaban J connectivity index is 1.59. The van der Waals surface area contributed by atoms with Crippen LogP contribution in [0.4, 0.5) is 5.69 Å². The van der Waals surface area contributed by atoms with E-state index in [-0.39, 0.29) is 17.9 Å². The summed E-state index contributed by atoms with van der Waals surface area (Å²) < 4.78 is 0.904. The van der Waals surface area contributed by atoms with Crippen LogP contribution in [0.15, 0.2) is 22.7 Å². The van der Waals surface area contributed by atoms with Gasteiger partial charge in [0.25, 0.3) is 0 Å². The van der Waals surface area contributed by atoms with Crippen molar-refractivity contribution in [2.45, 2.75) is 25.3 Å². The molecule has 1 aromatic carbocycles. The second-order valence-corrected chi connectivity index (χ2v) is 6.27. The highest BCUT2D eigenvalue weighted by atomic mass is 79.9. The van der Waals surface area contributed by atoms with Gasteiger partial charge in [-0.15, -0.1) is 0 Å². The van der Waals surface area contributed by atoms with Gasteiger partial charge in [0.1, 0.15) is 6.04 Å². The molecule has 2 amide bonds. The first-order valence-electron chi connectivity index (χ1n) is 7.27. The molecule has 112 valence electrons. The number of nitrogens with zero attached hydrogens (tertiary/aromatic N) is 1.